The van der Waals surface area contributed by atoms with Crippen molar-refractivity contribution in [3.05, 3.63) is 17.0 Å². The summed E-state index contributed by atoms with van der Waals surface area (Å²) in [4.78, 5) is 10.5. The molecule has 1 rings (SSSR count). The van der Waals surface area contributed by atoms with Gasteiger partial charge in [-0.2, -0.15) is 4.31 Å². The number of hydrogen-bond donors (Lipinski definition) is 1. The molecular formula is C9H12BrNO5S. The fraction of sp³-hybridized carbons (Fsp3) is 0.444. The van der Waals surface area contributed by atoms with Crippen molar-refractivity contribution in [1.82, 2.24) is 4.31 Å². The quantitative estimate of drug-likeness (QED) is 0.856. The summed E-state index contributed by atoms with van der Waals surface area (Å²) in [7, 11) is -3.70. The molecule has 0 aliphatic heterocycles. The molecule has 0 amide bonds. The van der Waals surface area contributed by atoms with E-state index in [0.717, 1.165) is 10.6 Å². The molecule has 0 fully saturated rings. The monoisotopic (exact) mass is 325 g/mol. The van der Waals surface area contributed by atoms with Gasteiger partial charge in [0, 0.05) is 13.1 Å². The Balaban J connectivity index is 2.95. The third-order valence-electron chi connectivity index (χ3n) is 2.13. The molecule has 0 atom stereocenters. The lowest BCUT2D eigenvalue weighted by atomic mass is 10.4. The maximum absolute atomic E-state index is 12.1. The van der Waals surface area contributed by atoms with Gasteiger partial charge in [-0.3, -0.25) is 4.79 Å². The Hall–Kier alpha value is -0.860. The predicted octanol–water partition coefficient (Wildman–Crippen LogP) is 1.53. The molecule has 1 heterocycles. The molecule has 1 aromatic heterocycles. The Morgan fingerprint density at radius 2 is 2.18 bits per heavy atom. The molecule has 0 radical (unpaired) electrons. The number of hydrogen-bond acceptors (Lipinski definition) is 4. The van der Waals surface area contributed by atoms with Crippen molar-refractivity contribution in [2.75, 3.05) is 13.1 Å². The van der Waals surface area contributed by atoms with Crippen LogP contribution in [-0.2, 0) is 14.8 Å². The van der Waals surface area contributed by atoms with Crippen molar-refractivity contribution in [1.29, 1.82) is 0 Å². The minimum Gasteiger partial charge on any atom is -0.481 e. The number of furan rings is 1. The van der Waals surface area contributed by atoms with Crippen LogP contribution in [0.15, 0.2) is 26.3 Å². The molecule has 0 aliphatic rings. The van der Waals surface area contributed by atoms with Gasteiger partial charge in [0.2, 0.25) is 10.0 Å². The molecule has 6 nitrogen and oxygen atoms in total. The summed E-state index contributed by atoms with van der Waals surface area (Å²) in [5.41, 5.74) is 0. The zero-order valence-electron chi connectivity index (χ0n) is 9.09. The van der Waals surface area contributed by atoms with Crippen LogP contribution in [0.3, 0.4) is 0 Å². The largest absolute Gasteiger partial charge is 0.481 e. The van der Waals surface area contributed by atoms with Gasteiger partial charge in [-0.1, -0.05) is 6.92 Å². The Kier molecular flexibility index (Phi) is 4.72. The van der Waals surface area contributed by atoms with E-state index in [1.54, 1.807) is 6.92 Å². The number of carboxylic acid groups (broad SMARTS) is 1. The Bertz CT molecular complexity index is 495. The van der Waals surface area contributed by atoms with Crippen LogP contribution in [0, 0.1) is 0 Å². The van der Waals surface area contributed by atoms with Gasteiger partial charge in [0.1, 0.15) is 17.4 Å². The van der Waals surface area contributed by atoms with Gasteiger partial charge in [0.25, 0.3) is 0 Å². The highest BCUT2D eigenvalue weighted by molar-refractivity contribution is 9.10. The van der Waals surface area contributed by atoms with Gasteiger partial charge in [-0.25, -0.2) is 8.42 Å². The second kappa shape index (κ2) is 5.65. The summed E-state index contributed by atoms with van der Waals surface area (Å²) in [5, 5.41) is 8.56. The molecule has 17 heavy (non-hydrogen) atoms. The molecule has 0 aliphatic carbocycles. The first-order chi connectivity index (χ1) is 7.89. The van der Waals surface area contributed by atoms with Gasteiger partial charge in [-0.05, 0) is 15.9 Å². The smallest absolute Gasteiger partial charge is 0.304 e. The van der Waals surface area contributed by atoms with Crippen molar-refractivity contribution < 1.29 is 22.7 Å². The fourth-order valence-electron chi connectivity index (χ4n) is 1.26. The van der Waals surface area contributed by atoms with Gasteiger partial charge in [-0.15, -0.1) is 0 Å². The highest BCUT2D eigenvalue weighted by atomic mass is 79.9. The highest BCUT2D eigenvalue weighted by Gasteiger charge is 2.27. The number of carboxylic acids is 1. The molecular weight excluding hydrogens is 314 g/mol. The maximum Gasteiger partial charge on any atom is 0.304 e. The Labute approximate surface area is 107 Å². The molecule has 0 saturated carbocycles. The maximum atomic E-state index is 12.1. The minimum absolute atomic E-state index is 0.00439. The molecule has 0 unspecified atom stereocenters. The first-order valence-corrected chi connectivity index (χ1v) is 7.06. The van der Waals surface area contributed by atoms with E-state index in [4.69, 9.17) is 9.52 Å². The zero-order valence-corrected chi connectivity index (χ0v) is 11.5. The van der Waals surface area contributed by atoms with Crippen molar-refractivity contribution >= 4 is 31.9 Å². The summed E-state index contributed by atoms with van der Waals surface area (Å²) >= 11 is 3.06. The van der Waals surface area contributed by atoms with Gasteiger partial charge < -0.3 is 9.52 Å². The van der Waals surface area contributed by atoms with Gasteiger partial charge >= 0.3 is 5.97 Å². The third-order valence-corrected chi connectivity index (χ3v) is 5.00. The summed E-state index contributed by atoms with van der Waals surface area (Å²) in [6, 6.07) is 0. The number of halogens is 1. The van der Waals surface area contributed by atoms with E-state index in [1.165, 1.54) is 6.26 Å². The topological polar surface area (TPSA) is 87.8 Å². The van der Waals surface area contributed by atoms with Crippen LogP contribution >= 0.6 is 15.9 Å². The number of nitrogens with zero attached hydrogens (tertiary/aromatic N) is 1. The van der Waals surface area contributed by atoms with Crippen LogP contribution in [-0.4, -0.2) is 36.9 Å². The van der Waals surface area contributed by atoms with E-state index < -0.39 is 16.0 Å². The van der Waals surface area contributed by atoms with E-state index in [-0.39, 0.29) is 24.4 Å². The van der Waals surface area contributed by atoms with Crippen LogP contribution < -0.4 is 0 Å². The van der Waals surface area contributed by atoms with E-state index in [1.807, 2.05) is 0 Å². The van der Waals surface area contributed by atoms with Crippen molar-refractivity contribution in [2.24, 2.45) is 0 Å². The average Bonchev–Trinajstić information content (AvgIpc) is 2.65. The van der Waals surface area contributed by atoms with Crippen molar-refractivity contribution in [3.63, 3.8) is 0 Å². The summed E-state index contributed by atoms with van der Waals surface area (Å²) in [5.74, 6) is -1.04. The number of sulfonamides is 1. The number of rotatable bonds is 6. The Morgan fingerprint density at radius 1 is 1.53 bits per heavy atom. The molecule has 8 heteroatoms. The summed E-state index contributed by atoms with van der Waals surface area (Å²) in [6.45, 7) is 1.78. The molecule has 0 spiro atoms. The minimum atomic E-state index is -3.70. The van der Waals surface area contributed by atoms with E-state index in [9.17, 15) is 13.2 Å². The van der Waals surface area contributed by atoms with Gasteiger partial charge in [0.15, 0.2) is 0 Å². The predicted molar refractivity (Wildman–Crippen MR) is 63.1 cm³/mol. The second-order valence-electron chi connectivity index (χ2n) is 3.22. The lowest BCUT2D eigenvalue weighted by molar-refractivity contribution is -0.137. The van der Waals surface area contributed by atoms with E-state index in [2.05, 4.69) is 15.9 Å². The molecule has 1 aromatic rings. The lowest BCUT2D eigenvalue weighted by Gasteiger charge is -2.18. The van der Waals surface area contributed by atoms with E-state index in [0.29, 0.717) is 4.47 Å². The molecule has 96 valence electrons. The fourth-order valence-corrected chi connectivity index (χ4v) is 3.50. The Morgan fingerprint density at radius 3 is 2.59 bits per heavy atom. The first-order valence-electron chi connectivity index (χ1n) is 4.83. The third kappa shape index (κ3) is 3.30. The van der Waals surface area contributed by atoms with E-state index >= 15 is 0 Å². The van der Waals surface area contributed by atoms with Crippen LogP contribution in [0.2, 0.25) is 0 Å². The average molecular weight is 326 g/mol. The van der Waals surface area contributed by atoms with Crippen LogP contribution in [0.4, 0.5) is 0 Å². The number of aliphatic carboxylic acids is 1. The first kappa shape index (κ1) is 14.2. The highest BCUT2D eigenvalue weighted by Crippen LogP contribution is 2.25. The molecule has 1 N–H and O–H groups in total. The summed E-state index contributed by atoms with van der Waals surface area (Å²) < 4.78 is 30.4. The molecule has 0 saturated heterocycles. The summed E-state index contributed by atoms with van der Waals surface area (Å²) in [6.07, 6.45) is 2.14. The molecule has 0 aromatic carbocycles. The van der Waals surface area contributed by atoms with Crippen LogP contribution in [0.1, 0.15) is 13.3 Å². The zero-order chi connectivity index (χ0) is 13.1. The second-order valence-corrected chi connectivity index (χ2v) is 5.99. The normalized spacial score (nSPS) is 11.9. The van der Waals surface area contributed by atoms with Crippen LogP contribution in [0.25, 0.3) is 0 Å². The lowest BCUT2D eigenvalue weighted by Crippen LogP contribution is -2.32. The standard InChI is InChI=1S/C9H12BrNO5S/c1-2-11(4-3-9(12)13)17(14,15)8-6-16-5-7(8)10/h5-6H,2-4H2,1H3,(H,12,13). The van der Waals surface area contributed by atoms with Crippen molar-refractivity contribution in [2.45, 2.75) is 18.2 Å². The molecule has 0 bridgehead atoms. The van der Waals surface area contributed by atoms with Gasteiger partial charge in [0.05, 0.1) is 10.9 Å². The van der Waals surface area contributed by atoms with Crippen molar-refractivity contribution in [3.8, 4) is 0 Å². The SMILES string of the molecule is CCN(CCC(=O)O)S(=O)(=O)c1cocc1Br. The van der Waals surface area contributed by atoms with Crippen LogP contribution in [0.5, 0.6) is 0 Å². The number of carbonyl (C=O) groups is 1.